The molecule has 0 fully saturated rings. The molecule has 2 aromatic heterocycles. The van der Waals surface area contributed by atoms with Gasteiger partial charge >= 0.3 is 6.18 Å². The van der Waals surface area contributed by atoms with Crippen molar-refractivity contribution >= 4 is 16.8 Å². The average Bonchev–Trinajstić information content (AvgIpc) is 3.18. The lowest BCUT2D eigenvalue weighted by Crippen LogP contribution is -2.28. The van der Waals surface area contributed by atoms with Crippen molar-refractivity contribution < 1.29 is 27.4 Å². The third-order valence-electron chi connectivity index (χ3n) is 4.69. The van der Waals surface area contributed by atoms with Gasteiger partial charge in [0.05, 0.1) is 16.4 Å². The number of H-pyrrole nitrogens is 1. The molecule has 0 saturated carbocycles. The van der Waals surface area contributed by atoms with Crippen LogP contribution in [0.15, 0.2) is 60.6 Å². The van der Waals surface area contributed by atoms with Gasteiger partial charge in [0.1, 0.15) is 5.76 Å². The van der Waals surface area contributed by atoms with E-state index in [9.17, 15) is 18.0 Å². The molecule has 1 aromatic carbocycles. The van der Waals surface area contributed by atoms with Crippen molar-refractivity contribution in [1.82, 2.24) is 19.9 Å². The van der Waals surface area contributed by atoms with E-state index in [0.717, 1.165) is 5.52 Å². The molecule has 160 valence electrons. The summed E-state index contributed by atoms with van der Waals surface area (Å²) in [5.74, 6) is -0.199. The fourth-order valence-electron chi connectivity index (χ4n) is 3.03. The van der Waals surface area contributed by atoms with E-state index in [0.29, 0.717) is 17.7 Å². The van der Waals surface area contributed by atoms with Gasteiger partial charge < -0.3 is 14.5 Å². The Bertz CT molecular complexity index is 1150. The molecule has 0 radical (unpaired) electrons. The van der Waals surface area contributed by atoms with E-state index in [2.05, 4.69) is 24.7 Å². The van der Waals surface area contributed by atoms with Crippen molar-refractivity contribution in [1.29, 1.82) is 0 Å². The Kier molecular flexibility index (Phi) is 5.22. The van der Waals surface area contributed by atoms with Crippen molar-refractivity contribution in [3.63, 3.8) is 0 Å². The second kappa shape index (κ2) is 7.86. The van der Waals surface area contributed by atoms with Crippen LogP contribution in [0.5, 0.6) is 11.8 Å². The highest BCUT2D eigenvalue weighted by atomic mass is 19.4. The Morgan fingerprint density at radius 2 is 1.94 bits per heavy atom. The summed E-state index contributed by atoms with van der Waals surface area (Å²) in [5, 5.41) is 0. The summed E-state index contributed by atoms with van der Waals surface area (Å²) in [7, 11) is 0. The first-order valence-corrected chi connectivity index (χ1v) is 9.31. The number of imidazole rings is 1. The quantitative estimate of drug-likeness (QED) is 0.583. The van der Waals surface area contributed by atoms with E-state index >= 15 is 0 Å². The largest absolute Gasteiger partial charge is 0.464 e. The van der Waals surface area contributed by atoms with Crippen LogP contribution in [0.3, 0.4) is 0 Å². The summed E-state index contributed by atoms with van der Waals surface area (Å²) in [6.07, 6.45) is 3.15. The maximum atomic E-state index is 13.0. The number of alkyl halides is 3. The van der Waals surface area contributed by atoms with E-state index in [1.165, 1.54) is 12.4 Å². The number of carbonyl (C=O) groups is 1. The first kappa shape index (κ1) is 20.6. The number of nitrogens with one attached hydrogen (secondary N) is 1. The number of allylic oxidation sites excluding steroid dienone is 3. The summed E-state index contributed by atoms with van der Waals surface area (Å²) in [6.45, 7) is 0.257. The number of fused-ring (bicyclic) bond motifs is 1. The fourth-order valence-corrected chi connectivity index (χ4v) is 3.03. The van der Waals surface area contributed by atoms with Gasteiger partial charge in [-0.3, -0.25) is 4.79 Å². The Hall–Kier alpha value is -3.69. The minimum absolute atomic E-state index is 0.191. The molecule has 1 aliphatic rings. The van der Waals surface area contributed by atoms with Crippen molar-refractivity contribution in [2.45, 2.75) is 19.5 Å². The molecule has 0 amide bonds. The third-order valence-corrected chi connectivity index (χ3v) is 4.69. The zero-order chi connectivity index (χ0) is 22.1. The van der Waals surface area contributed by atoms with Crippen LogP contribution in [0.25, 0.3) is 11.0 Å². The highest BCUT2D eigenvalue weighted by molar-refractivity contribution is 6.01. The molecular formula is C21H17F3N4O3. The summed E-state index contributed by atoms with van der Waals surface area (Å²) >= 11 is 0. The molecule has 0 bridgehead atoms. The summed E-state index contributed by atoms with van der Waals surface area (Å²) in [4.78, 5) is 28.0. The zero-order valence-electron chi connectivity index (χ0n) is 16.3. The number of aromatic amines is 1. The Balaban J connectivity index is 1.47. The molecular weight excluding hydrogens is 413 g/mol. The number of hydrogen-bond donors (Lipinski definition) is 1. The van der Waals surface area contributed by atoms with Crippen LogP contribution in [0.1, 0.15) is 24.0 Å². The number of halogens is 3. The Morgan fingerprint density at radius 3 is 2.61 bits per heavy atom. The first-order valence-electron chi connectivity index (χ1n) is 9.31. The lowest BCUT2D eigenvalue weighted by molar-refractivity contribution is -0.154. The molecule has 7 nitrogen and oxygen atoms in total. The SMILES string of the molecule is CC1(C(=O)c2nc3ccccc3[nH]2)C=CC(Oc2nccnc2OCC(F)(F)F)=CC1. The van der Waals surface area contributed by atoms with Gasteiger partial charge in [0.25, 0.3) is 11.8 Å². The van der Waals surface area contributed by atoms with Crippen LogP contribution in [0.2, 0.25) is 0 Å². The van der Waals surface area contributed by atoms with Crippen LogP contribution in [0.4, 0.5) is 13.2 Å². The molecule has 0 aliphatic heterocycles. The van der Waals surface area contributed by atoms with Gasteiger partial charge in [-0.15, -0.1) is 0 Å². The number of Topliss-reactive ketones (excluding diaryl/α,β-unsaturated/α-hetero) is 1. The number of rotatable bonds is 6. The number of ketones is 1. The van der Waals surface area contributed by atoms with Crippen molar-refractivity contribution in [3.05, 3.63) is 66.5 Å². The highest BCUT2D eigenvalue weighted by Gasteiger charge is 2.35. The molecule has 1 atom stereocenters. The highest BCUT2D eigenvalue weighted by Crippen LogP contribution is 2.34. The van der Waals surface area contributed by atoms with Crippen LogP contribution < -0.4 is 9.47 Å². The standard InChI is InChI=1S/C21H17F3N4O3/c1-20(16(29)17-27-14-4-2-3-5-15(14)28-17)8-6-13(7-9-20)31-19-18(25-10-11-26-19)30-12-21(22,23)24/h2-8,10-11H,9,12H2,1H3,(H,27,28). The van der Waals surface area contributed by atoms with E-state index in [4.69, 9.17) is 4.74 Å². The molecule has 4 rings (SSSR count). The van der Waals surface area contributed by atoms with E-state index < -0.39 is 18.2 Å². The van der Waals surface area contributed by atoms with Gasteiger partial charge in [0.15, 0.2) is 12.4 Å². The number of carbonyl (C=O) groups excluding carboxylic acids is 1. The topological polar surface area (TPSA) is 90.0 Å². The van der Waals surface area contributed by atoms with Crippen molar-refractivity contribution in [2.24, 2.45) is 5.41 Å². The molecule has 1 N–H and O–H groups in total. The van der Waals surface area contributed by atoms with Crippen LogP contribution in [-0.2, 0) is 0 Å². The molecule has 31 heavy (non-hydrogen) atoms. The second-order valence-corrected chi connectivity index (χ2v) is 7.17. The van der Waals surface area contributed by atoms with Gasteiger partial charge in [0, 0.05) is 12.4 Å². The number of hydrogen-bond acceptors (Lipinski definition) is 6. The van der Waals surface area contributed by atoms with Crippen molar-refractivity contribution in [3.8, 4) is 11.8 Å². The van der Waals surface area contributed by atoms with E-state index in [1.54, 1.807) is 25.2 Å². The number of para-hydroxylation sites is 2. The fraction of sp³-hybridized carbons (Fsp3) is 0.238. The Labute approximate surface area is 174 Å². The number of benzene rings is 1. The minimum Gasteiger partial charge on any atom is -0.464 e. The second-order valence-electron chi connectivity index (χ2n) is 7.17. The zero-order valence-corrected chi connectivity index (χ0v) is 16.3. The minimum atomic E-state index is -4.52. The molecule has 2 heterocycles. The van der Waals surface area contributed by atoms with Crippen LogP contribution >= 0.6 is 0 Å². The predicted octanol–water partition coefficient (Wildman–Crippen LogP) is 4.41. The number of ether oxygens (including phenoxy) is 2. The maximum absolute atomic E-state index is 13.0. The lowest BCUT2D eigenvalue weighted by atomic mass is 9.79. The van der Waals surface area contributed by atoms with Gasteiger partial charge in [-0.2, -0.15) is 13.2 Å². The molecule has 0 saturated heterocycles. The van der Waals surface area contributed by atoms with Gasteiger partial charge in [0.2, 0.25) is 5.78 Å². The molecule has 10 heteroatoms. The smallest absolute Gasteiger partial charge is 0.422 e. The number of nitrogens with zero attached hydrogens (tertiary/aromatic N) is 3. The summed E-state index contributed by atoms with van der Waals surface area (Å²) in [5.41, 5.74) is 0.601. The molecule has 1 aliphatic carbocycles. The van der Waals surface area contributed by atoms with Crippen LogP contribution in [-0.4, -0.2) is 38.5 Å². The maximum Gasteiger partial charge on any atom is 0.422 e. The predicted molar refractivity (Wildman–Crippen MR) is 105 cm³/mol. The van der Waals surface area contributed by atoms with Crippen molar-refractivity contribution in [2.75, 3.05) is 6.61 Å². The number of aromatic nitrogens is 4. The van der Waals surface area contributed by atoms with Gasteiger partial charge in [-0.25, -0.2) is 15.0 Å². The molecule has 1 unspecified atom stereocenters. The van der Waals surface area contributed by atoms with E-state index in [-0.39, 0.29) is 23.4 Å². The normalized spacial score (nSPS) is 18.6. The third kappa shape index (κ3) is 4.57. The average molecular weight is 430 g/mol. The Morgan fingerprint density at radius 1 is 1.19 bits per heavy atom. The molecule has 3 aromatic rings. The summed E-state index contributed by atoms with van der Waals surface area (Å²) in [6, 6.07) is 7.34. The lowest BCUT2D eigenvalue weighted by Gasteiger charge is -2.25. The van der Waals surface area contributed by atoms with Gasteiger partial charge in [-0.1, -0.05) is 18.2 Å². The first-order chi connectivity index (χ1) is 14.7. The van der Waals surface area contributed by atoms with Crippen LogP contribution in [0, 0.1) is 5.41 Å². The molecule has 0 spiro atoms. The van der Waals surface area contributed by atoms with Gasteiger partial charge in [-0.05, 0) is 37.6 Å². The monoisotopic (exact) mass is 430 g/mol. The van der Waals surface area contributed by atoms with E-state index in [1.807, 2.05) is 24.3 Å². The summed E-state index contributed by atoms with van der Waals surface area (Å²) < 4.78 is 47.5.